The number of rotatable bonds is 3. The highest BCUT2D eigenvalue weighted by atomic mass is 32.1. The third kappa shape index (κ3) is 2.53. The maximum absolute atomic E-state index is 12.5. The minimum Gasteiger partial charge on any atom is -0.392 e. The van der Waals surface area contributed by atoms with Gasteiger partial charge in [-0.15, -0.1) is 0 Å². The molecule has 2 aliphatic carbocycles. The first-order valence-corrected chi connectivity index (χ1v) is 7.37. The monoisotopic (exact) mass is 268 g/mol. The van der Waals surface area contributed by atoms with Crippen LogP contribution in [0.4, 0.5) is 0 Å². The van der Waals surface area contributed by atoms with Crippen LogP contribution in [0, 0.1) is 10.8 Å². The molecular formula is C14H24N2OS. The topological polar surface area (TPSA) is 55.1 Å². The maximum atomic E-state index is 12.5. The summed E-state index contributed by atoms with van der Waals surface area (Å²) in [7, 11) is 0. The third-order valence-corrected chi connectivity index (χ3v) is 5.06. The molecular weight excluding hydrogens is 244 g/mol. The van der Waals surface area contributed by atoms with Gasteiger partial charge in [0.2, 0.25) is 5.91 Å². The second kappa shape index (κ2) is 4.80. The van der Waals surface area contributed by atoms with E-state index in [-0.39, 0.29) is 5.91 Å². The van der Waals surface area contributed by atoms with Gasteiger partial charge in [0.15, 0.2) is 0 Å². The van der Waals surface area contributed by atoms with Gasteiger partial charge in [0.25, 0.3) is 0 Å². The van der Waals surface area contributed by atoms with Crippen LogP contribution >= 0.6 is 12.2 Å². The molecule has 3 N–H and O–H groups in total. The van der Waals surface area contributed by atoms with Gasteiger partial charge in [0.1, 0.15) is 0 Å². The minimum absolute atomic E-state index is 0.0789. The van der Waals surface area contributed by atoms with Crippen LogP contribution in [0.1, 0.15) is 58.8 Å². The van der Waals surface area contributed by atoms with E-state index < -0.39 is 5.41 Å². The molecule has 0 bridgehead atoms. The first-order chi connectivity index (χ1) is 8.36. The van der Waals surface area contributed by atoms with Gasteiger partial charge in [-0.05, 0) is 37.5 Å². The highest BCUT2D eigenvalue weighted by Gasteiger charge is 2.45. The molecule has 0 aromatic carbocycles. The van der Waals surface area contributed by atoms with Crippen molar-refractivity contribution in [3.05, 3.63) is 0 Å². The van der Waals surface area contributed by atoms with Crippen molar-refractivity contribution >= 4 is 23.1 Å². The summed E-state index contributed by atoms with van der Waals surface area (Å²) in [6.45, 7) is 4.52. The van der Waals surface area contributed by atoms with E-state index in [0.29, 0.717) is 16.4 Å². The van der Waals surface area contributed by atoms with Crippen molar-refractivity contribution in [2.24, 2.45) is 16.6 Å². The Kier molecular flexibility index (Phi) is 3.67. The summed E-state index contributed by atoms with van der Waals surface area (Å²) < 4.78 is 0. The van der Waals surface area contributed by atoms with Crippen LogP contribution in [0.2, 0.25) is 0 Å². The first-order valence-electron chi connectivity index (χ1n) is 6.97. The zero-order valence-electron chi connectivity index (χ0n) is 11.4. The molecule has 1 unspecified atom stereocenters. The van der Waals surface area contributed by atoms with Crippen LogP contribution in [-0.2, 0) is 4.79 Å². The Bertz CT molecular complexity index is 359. The smallest absolute Gasteiger partial charge is 0.233 e. The first kappa shape index (κ1) is 13.8. The summed E-state index contributed by atoms with van der Waals surface area (Å²) in [5.41, 5.74) is 5.63. The molecule has 0 aliphatic heterocycles. The van der Waals surface area contributed by atoms with E-state index in [1.54, 1.807) is 0 Å². The second-order valence-electron chi connectivity index (χ2n) is 6.73. The summed E-state index contributed by atoms with van der Waals surface area (Å²) in [5.74, 6) is 0.0789. The van der Waals surface area contributed by atoms with Gasteiger partial charge in [-0.3, -0.25) is 4.79 Å². The van der Waals surface area contributed by atoms with Gasteiger partial charge in [-0.25, -0.2) is 0 Å². The van der Waals surface area contributed by atoms with Gasteiger partial charge in [0.05, 0.1) is 10.4 Å². The van der Waals surface area contributed by atoms with Crippen molar-refractivity contribution in [3.63, 3.8) is 0 Å². The molecule has 18 heavy (non-hydrogen) atoms. The molecule has 0 radical (unpaired) electrons. The molecule has 0 aromatic heterocycles. The average molecular weight is 268 g/mol. The van der Waals surface area contributed by atoms with Crippen molar-refractivity contribution < 1.29 is 4.79 Å². The van der Waals surface area contributed by atoms with E-state index in [2.05, 4.69) is 19.2 Å². The molecule has 2 aliphatic rings. The van der Waals surface area contributed by atoms with Gasteiger partial charge in [-0.1, -0.05) is 38.9 Å². The van der Waals surface area contributed by atoms with Crippen molar-refractivity contribution in [2.75, 3.05) is 0 Å². The van der Waals surface area contributed by atoms with E-state index >= 15 is 0 Å². The summed E-state index contributed by atoms with van der Waals surface area (Å²) in [6.07, 6.45) is 7.08. The zero-order chi connectivity index (χ0) is 13.4. The molecule has 2 saturated carbocycles. The highest BCUT2D eigenvalue weighted by Crippen LogP contribution is 2.41. The number of carbonyl (C=O) groups excluding carboxylic acids is 1. The van der Waals surface area contributed by atoms with Gasteiger partial charge in [-0.2, -0.15) is 0 Å². The number of hydrogen-bond donors (Lipinski definition) is 2. The molecule has 2 fully saturated rings. The van der Waals surface area contributed by atoms with E-state index in [0.717, 1.165) is 38.5 Å². The molecule has 4 heteroatoms. The van der Waals surface area contributed by atoms with Crippen molar-refractivity contribution in [3.8, 4) is 0 Å². The predicted molar refractivity (Wildman–Crippen MR) is 77.2 cm³/mol. The largest absolute Gasteiger partial charge is 0.392 e. The van der Waals surface area contributed by atoms with Crippen LogP contribution in [0.5, 0.6) is 0 Å². The molecule has 2 rings (SSSR count). The highest BCUT2D eigenvalue weighted by molar-refractivity contribution is 7.80. The van der Waals surface area contributed by atoms with E-state index in [9.17, 15) is 4.79 Å². The van der Waals surface area contributed by atoms with E-state index in [1.807, 2.05) is 0 Å². The van der Waals surface area contributed by atoms with Gasteiger partial charge in [0, 0.05) is 6.04 Å². The van der Waals surface area contributed by atoms with Crippen LogP contribution in [0.3, 0.4) is 0 Å². The standard InChI is InChI=1S/C14H24N2OS/c1-13(2)8-5-10(9-13)16-12(17)14(11(15)18)6-3-4-7-14/h10H,3-9H2,1-2H3,(H2,15,18)(H,16,17). The molecule has 0 saturated heterocycles. The normalized spacial score (nSPS) is 29.1. The van der Waals surface area contributed by atoms with Crippen LogP contribution in [0.25, 0.3) is 0 Å². The maximum Gasteiger partial charge on any atom is 0.233 e. The van der Waals surface area contributed by atoms with Crippen LogP contribution in [0.15, 0.2) is 0 Å². The van der Waals surface area contributed by atoms with Crippen molar-refractivity contribution in [1.29, 1.82) is 0 Å². The lowest BCUT2D eigenvalue weighted by molar-refractivity contribution is -0.128. The fourth-order valence-electron chi connectivity index (χ4n) is 3.45. The SMILES string of the molecule is CC1(C)CCC(NC(=O)C2(C(N)=S)CCCC2)C1. The fraction of sp³-hybridized carbons (Fsp3) is 0.857. The van der Waals surface area contributed by atoms with Crippen LogP contribution in [-0.4, -0.2) is 16.9 Å². The Labute approximate surface area is 115 Å². The number of nitrogens with two attached hydrogens (primary N) is 1. The molecule has 102 valence electrons. The number of thiocarbonyl (C=S) groups is 1. The van der Waals surface area contributed by atoms with Gasteiger partial charge >= 0.3 is 0 Å². The van der Waals surface area contributed by atoms with Crippen molar-refractivity contribution in [2.45, 2.75) is 64.8 Å². The lowest BCUT2D eigenvalue weighted by Crippen LogP contribution is -2.49. The molecule has 1 amide bonds. The number of hydrogen-bond acceptors (Lipinski definition) is 2. The quantitative estimate of drug-likeness (QED) is 0.773. The second-order valence-corrected chi connectivity index (χ2v) is 7.17. The van der Waals surface area contributed by atoms with E-state index in [4.69, 9.17) is 18.0 Å². The number of nitrogens with one attached hydrogen (secondary N) is 1. The summed E-state index contributed by atoms with van der Waals surface area (Å²) in [4.78, 5) is 12.9. The summed E-state index contributed by atoms with van der Waals surface area (Å²) in [5, 5.41) is 3.19. The number of amides is 1. The zero-order valence-corrected chi connectivity index (χ0v) is 12.2. The molecule has 1 atom stereocenters. The fourth-order valence-corrected chi connectivity index (χ4v) is 3.74. The third-order valence-electron chi connectivity index (χ3n) is 4.67. The van der Waals surface area contributed by atoms with Crippen LogP contribution < -0.4 is 11.1 Å². The Morgan fingerprint density at radius 1 is 1.28 bits per heavy atom. The molecule has 0 heterocycles. The summed E-state index contributed by atoms with van der Waals surface area (Å²) >= 11 is 5.15. The molecule has 0 aromatic rings. The van der Waals surface area contributed by atoms with Gasteiger partial charge < -0.3 is 11.1 Å². The lowest BCUT2D eigenvalue weighted by Gasteiger charge is -2.28. The summed E-state index contributed by atoms with van der Waals surface area (Å²) in [6, 6.07) is 0.305. The van der Waals surface area contributed by atoms with E-state index in [1.165, 1.54) is 6.42 Å². The minimum atomic E-state index is -0.554. The average Bonchev–Trinajstić information content (AvgIpc) is 2.85. The predicted octanol–water partition coefficient (Wildman–Crippen LogP) is 2.53. The Morgan fingerprint density at radius 2 is 1.89 bits per heavy atom. The Balaban J connectivity index is 2.01. The molecule has 3 nitrogen and oxygen atoms in total. The van der Waals surface area contributed by atoms with Crippen molar-refractivity contribution in [1.82, 2.24) is 5.32 Å². The molecule has 0 spiro atoms. The Hall–Kier alpha value is -0.640. The lowest BCUT2D eigenvalue weighted by atomic mass is 9.84. The Morgan fingerprint density at radius 3 is 2.33 bits per heavy atom. The number of carbonyl (C=O) groups is 1.